The molecule has 1 aliphatic rings. The molecule has 4 rings (SSSR count). The first-order valence-corrected chi connectivity index (χ1v) is 10.6. The van der Waals surface area contributed by atoms with E-state index < -0.39 is 18.0 Å². The maximum absolute atomic E-state index is 13.4. The van der Waals surface area contributed by atoms with Crippen LogP contribution in [0.5, 0.6) is 11.5 Å². The first-order valence-electron chi connectivity index (χ1n) is 10.6. The molecule has 34 heavy (non-hydrogen) atoms. The van der Waals surface area contributed by atoms with E-state index in [1.807, 2.05) is 6.07 Å². The SMILES string of the molecule is COc1ccc(NC(=O)CC2C(=O)N(c3ccc(OC)cc3)C(=O)N2Cc2cccnc2)cc1. The second-order valence-electron chi connectivity index (χ2n) is 7.64. The van der Waals surface area contributed by atoms with Crippen molar-refractivity contribution in [2.75, 3.05) is 24.4 Å². The third-order valence-corrected chi connectivity index (χ3v) is 5.48. The van der Waals surface area contributed by atoms with Crippen LogP contribution in [0.25, 0.3) is 0 Å². The highest BCUT2D eigenvalue weighted by molar-refractivity contribution is 6.22. The Hall–Kier alpha value is -4.40. The lowest BCUT2D eigenvalue weighted by Crippen LogP contribution is -2.37. The van der Waals surface area contributed by atoms with Gasteiger partial charge in [-0.1, -0.05) is 6.07 Å². The zero-order chi connectivity index (χ0) is 24.1. The van der Waals surface area contributed by atoms with Gasteiger partial charge in [0.25, 0.3) is 5.91 Å². The minimum Gasteiger partial charge on any atom is -0.497 e. The molecular formula is C25H24N4O5. The molecule has 0 aliphatic carbocycles. The Bertz CT molecular complexity index is 1170. The standard InChI is InChI=1S/C25H24N4O5/c1-33-20-9-5-18(6-10-20)27-23(30)14-22-24(31)29(19-7-11-21(34-2)12-8-19)25(32)28(22)16-17-4-3-13-26-15-17/h3-13,15,22H,14,16H2,1-2H3,(H,27,30). The first-order chi connectivity index (χ1) is 16.5. The van der Waals surface area contributed by atoms with E-state index in [0.29, 0.717) is 22.9 Å². The number of ether oxygens (including phenoxy) is 2. The van der Waals surface area contributed by atoms with Gasteiger partial charge in [0.15, 0.2) is 0 Å². The first kappa shape index (κ1) is 22.8. The summed E-state index contributed by atoms with van der Waals surface area (Å²) in [4.78, 5) is 46.1. The molecule has 0 bridgehead atoms. The van der Waals surface area contributed by atoms with Crippen LogP contribution in [0, 0.1) is 0 Å². The molecule has 3 aromatic rings. The second kappa shape index (κ2) is 10.0. The number of carbonyl (C=O) groups is 3. The van der Waals surface area contributed by atoms with Gasteiger partial charge >= 0.3 is 6.03 Å². The van der Waals surface area contributed by atoms with E-state index in [-0.39, 0.29) is 18.9 Å². The molecule has 0 saturated carbocycles. The van der Waals surface area contributed by atoms with Crippen molar-refractivity contribution in [1.29, 1.82) is 0 Å². The highest BCUT2D eigenvalue weighted by Crippen LogP contribution is 2.30. The van der Waals surface area contributed by atoms with Gasteiger partial charge in [-0.25, -0.2) is 9.69 Å². The quantitative estimate of drug-likeness (QED) is 0.517. The summed E-state index contributed by atoms with van der Waals surface area (Å²) in [6.07, 6.45) is 3.07. The smallest absolute Gasteiger partial charge is 0.332 e. The fourth-order valence-corrected chi connectivity index (χ4v) is 3.73. The summed E-state index contributed by atoms with van der Waals surface area (Å²) in [5, 5.41) is 2.78. The van der Waals surface area contributed by atoms with Gasteiger partial charge in [-0.15, -0.1) is 0 Å². The van der Waals surface area contributed by atoms with Gasteiger partial charge in [0, 0.05) is 24.6 Å². The third kappa shape index (κ3) is 4.83. The molecule has 2 heterocycles. The van der Waals surface area contributed by atoms with Gasteiger partial charge in [0.2, 0.25) is 5.91 Å². The van der Waals surface area contributed by atoms with Gasteiger partial charge in [-0.3, -0.25) is 14.6 Å². The average Bonchev–Trinajstić information content (AvgIpc) is 3.09. The summed E-state index contributed by atoms with van der Waals surface area (Å²) in [6.45, 7) is 0.144. The predicted molar refractivity (Wildman–Crippen MR) is 126 cm³/mol. The number of nitrogens with zero attached hydrogens (tertiary/aromatic N) is 3. The van der Waals surface area contributed by atoms with E-state index in [4.69, 9.17) is 9.47 Å². The fraction of sp³-hybridized carbons (Fsp3) is 0.200. The van der Waals surface area contributed by atoms with E-state index in [1.54, 1.807) is 74.1 Å². The second-order valence-corrected chi connectivity index (χ2v) is 7.64. The highest BCUT2D eigenvalue weighted by Gasteiger charge is 2.46. The Labute approximate surface area is 196 Å². The van der Waals surface area contributed by atoms with Crippen molar-refractivity contribution in [3.8, 4) is 11.5 Å². The Kier molecular flexibility index (Phi) is 6.72. The van der Waals surface area contributed by atoms with Gasteiger partial charge in [0.05, 0.1) is 26.3 Å². The minimum atomic E-state index is -0.965. The fourth-order valence-electron chi connectivity index (χ4n) is 3.73. The lowest BCUT2D eigenvalue weighted by atomic mass is 10.1. The highest BCUT2D eigenvalue weighted by atomic mass is 16.5. The van der Waals surface area contributed by atoms with Crippen LogP contribution in [0.15, 0.2) is 73.1 Å². The number of imide groups is 1. The predicted octanol–water partition coefficient (Wildman–Crippen LogP) is 3.47. The van der Waals surface area contributed by atoms with E-state index in [1.165, 1.54) is 12.0 Å². The maximum atomic E-state index is 13.4. The number of nitrogens with one attached hydrogen (secondary N) is 1. The van der Waals surface area contributed by atoms with Crippen molar-refractivity contribution in [2.24, 2.45) is 0 Å². The molecule has 1 unspecified atom stereocenters. The number of hydrogen-bond acceptors (Lipinski definition) is 6. The van der Waals surface area contributed by atoms with Gasteiger partial charge < -0.3 is 19.7 Å². The van der Waals surface area contributed by atoms with Gasteiger partial charge in [0.1, 0.15) is 17.5 Å². The molecule has 1 fully saturated rings. The van der Waals surface area contributed by atoms with E-state index in [2.05, 4.69) is 10.3 Å². The summed E-state index contributed by atoms with van der Waals surface area (Å²) in [5.41, 5.74) is 1.72. The van der Waals surface area contributed by atoms with Gasteiger partial charge in [-0.2, -0.15) is 0 Å². The number of anilines is 2. The van der Waals surface area contributed by atoms with Crippen LogP contribution < -0.4 is 19.7 Å². The zero-order valence-corrected chi connectivity index (χ0v) is 18.8. The average molecular weight is 460 g/mol. The number of benzene rings is 2. The summed E-state index contributed by atoms with van der Waals surface area (Å²) in [6, 6.07) is 15.6. The monoisotopic (exact) mass is 460 g/mol. The number of aromatic nitrogens is 1. The molecular weight excluding hydrogens is 436 g/mol. The number of urea groups is 1. The van der Waals surface area contributed by atoms with Crippen LogP contribution in [0.2, 0.25) is 0 Å². The third-order valence-electron chi connectivity index (χ3n) is 5.48. The molecule has 2 aromatic carbocycles. The Morgan fingerprint density at radius 3 is 2.21 bits per heavy atom. The molecule has 9 nitrogen and oxygen atoms in total. The summed E-state index contributed by atoms with van der Waals surface area (Å²) < 4.78 is 10.3. The number of rotatable bonds is 8. The molecule has 174 valence electrons. The largest absolute Gasteiger partial charge is 0.497 e. The lowest BCUT2D eigenvalue weighted by molar-refractivity contribution is -0.124. The van der Waals surface area contributed by atoms with Gasteiger partial charge in [-0.05, 0) is 60.2 Å². The van der Waals surface area contributed by atoms with Crippen LogP contribution in [0.4, 0.5) is 16.2 Å². The maximum Gasteiger partial charge on any atom is 0.332 e. The van der Waals surface area contributed by atoms with Crippen LogP contribution in [-0.4, -0.2) is 48.0 Å². The molecule has 0 spiro atoms. The van der Waals surface area contributed by atoms with Crippen molar-refractivity contribution in [3.05, 3.63) is 78.6 Å². The molecule has 4 amide bonds. The zero-order valence-electron chi connectivity index (χ0n) is 18.8. The summed E-state index contributed by atoms with van der Waals surface area (Å²) in [7, 11) is 3.09. The van der Waals surface area contributed by atoms with E-state index >= 15 is 0 Å². The van der Waals surface area contributed by atoms with Crippen LogP contribution in [0.1, 0.15) is 12.0 Å². The number of hydrogen-bond donors (Lipinski definition) is 1. The van der Waals surface area contributed by atoms with Crippen molar-refractivity contribution >= 4 is 29.2 Å². The Balaban J connectivity index is 1.57. The number of pyridine rings is 1. The molecule has 9 heteroatoms. The Morgan fingerprint density at radius 2 is 1.62 bits per heavy atom. The van der Waals surface area contributed by atoms with Crippen molar-refractivity contribution in [3.63, 3.8) is 0 Å². The van der Waals surface area contributed by atoms with Crippen LogP contribution in [-0.2, 0) is 16.1 Å². The molecule has 1 atom stereocenters. The van der Waals surface area contributed by atoms with Crippen molar-refractivity contribution in [2.45, 2.75) is 19.0 Å². The normalized spacial score (nSPS) is 15.4. The molecule has 1 N–H and O–H groups in total. The number of amides is 4. The molecule has 1 aliphatic heterocycles. The van der Waals surface area contributed by atoms with Crippen molar-refractivity contribution in [1.82, 2.24) is 9.88 Å². The van der Waals surface area contributed by atoms with Crippen LogP contribution in [0.3, 0.4) is 0 Å². The van der Waals surface area contributed by atoms with E-state index in [9.17, 15) is 14.4 Å². The minimum absolute atomic E-state index is 0.144. The Morgan fingerprint density at radius 1 is 0.971 bits per heavy atom. The van der Waals surface area contributed by atoms with Crippen LogP contribution >= 0.6 is 0 Å². The molecule has 1 saturated heterocycles. The summed E-state index contributed by atoms with van der Waals surface area (Å²) >= 11 is 0. The molecule has 0 radical (unpaired) electrons. The molecule has 1 aromatic heterocycles. The van der Waals surface area contributed by atoms with E-state index in [0.717, 1.165) is 10.5 Å². The topological polar surface area (TPSA) is 101 Å². The lowest BCUT2D eigenvalue weighted by Gasteiger charge is -2.21. The summed E-state index contributed by atoms with van der Waals surface area (Å²) in [5.74, 6) is 0.408. The number of methoxy groups -OCH3 is 2. The number of carbonyl (C=O) groups excluding carboxylic acids is 3. The van der Waals surface area contributed by atoms with Crippen molar-refractivity contribution < 1.29 is 23.9 Å².